The van der Waals surface area contributed by atoms with Gasteiger partial charge in [-0.1, -0.05) is 29.8 Å². The standard InChI is InChI=1S/C11H8Cl2O2/c12-9-4-2-1-3-7(9)10(14)8-5-6-15-11(8)13/h1-6,10,14H. The fraction of sp³-hybridized carbons (Fsp3) is 0.0909. The zero-order valence-electron chi connectivity index (χ0n) is 7.65. The average molecular weight is 243 g/mol. The predicted octanol–water partition coefficient (Wildman–Crippen LogP) is 3.67. The van der Waals surface area contributed by atoms with Crippen LogP contribution in [0.5, 0.6) is 0 Å². The van der Waals surface area contributed by atoms with E-state index in [1.54, 1.807) is 30.3 Å². The van der Waals surface area contributed by atoms with Gasteiger partial charge in [-0.05, 0) is 23.7 Å². The van der Waals surface area contributed by atoms with Crippen LogP contribution in [0, 0.1) is 0 Å². The highest BCUT2D eigenvalue weighted by Crippen LogP contribution is 2.32. The lowest BCUT2D eigenvalue weighted by Gasteiger charge is -2.10. The molecule has 0 amide bonds. The molecular formula is C11H8Cl2O2. The topological polar surface area (TPSA) is 33.4 Å². The lowest BCUT2D eigenvalue weighted by molar-refractivity contribution is 0.219. The van der Waals surface area contributed by atoms with Crippen LogP contribution in [0.3, 0.4) is 0 Å². The predicted molar refractivity (Wildman–Crippen MR) is 59.2 cm³/mol. The van der Waals surface area contributed by atoms with E-state index in [0.29, 0.717) is 16.1 Å². The molecule has 0 aliphatic carbocycles. The van der Waals surface area contributed by atoms with Gasteiger partial charge in [0.15, 0.2) is 5.22 Å². The molecular weight excluding hydrogens is 235 g/mol. The molecule has 1 unspecified atom stereocenters. The Morgan fingerprint density at radius 1 is 1.07 bits per heavy atom. The van der Waals surface area contributed by atoms with Crippen LogP contribution in [0.25, 0.3) is 0 Å². The third-order valence-corrected chi connectivity index (χ3v) is 2.79. The third-order valence-electron chi connectivity index (χ3n) is 2.14. The first-order valence-corrected chi connectivity index (χ1v) is 5.11. The summed E-state index contributed by atoms with van der Waals surface area (Å²) in [5.41, 5.74) is 1.13. The van der Waals surface area contributed by atoms with E-state index in [0.717, 1.165) is 0 Å². The van der Waals surface area contributed by atoms with E-state index in [4.69, 9.17) is 27.6 Å². The number of aliphatic hydroxyl groups excluding tert-OH is 1. The second kappa shape index (κ2) is 4.27. The fourth-order valence-corrected chi connectivity index (χ4v) is 1.82. The van der Waals surface area contributed by atoms with E-state index in [1.165, 1.54) is 6.26 Å². The van der Waals surface area contributed by atoms with Crippen molar-refractivity contribution < 1.29 is 9.52 Å². The van der Waals surface area contributed by atoms with Gasteiger partial charge < -0.3 is 9.52 Å². The highest BCUT2D eigenvalue weighted by atomic mass is 35.5. The summed E-state index contributed by atoms with van der Waals surface area (Å²) in [7, 11) is 0. The Morgan fingerprint density at radius 2 is 1.80 bits per heavy atom. The van der Waals surface area contributed by atoms with Crippen molar-refractivity contribution in [1.82, 2.24) is 0 Å². The van der Waals surface area contributed by atoms with Crippen molar-refractivity contribution in [3.63, 3.8) is 0 Å². The minimum absolute atomic E-state index is 0.183. The summed E-state index contributed by atoms with van der Waals surface area (Å²) in [4.78, 5) is 0. The maximum Gasteiger partial charge on any atom is 0.199 e. The lowest BCUT2D eigenvalue weighted by atomic mass is 10.0. The van der Waals surface area contributed by atoms with Gasteiger partial charge in [0.25, 0.3) is 0 Å². The summed E-state index contributed by atoms with van der Waals surface area (Å²) in [5, 5.41) is 10.7. The molecule has 0 aliphatic rings. The van der Waals surface area contributed by atoms with Gasteiger partial charge >= 0.3 is 0 Å². The van der Waals surface area contributed by atoms with E-state index in [-0.39, 0.29) is 5.22 Å². The van der Waals surface area contributed by atoms with Crippen LogP contribution in [0.1, 0.15) is 17.2 Å². The first-order chi connectivity index (χ1) is 7.20. The van der Waals surface area contributed by atoms with E-state index in [1.807, 2.05) is 0 Å². The molecule has 0 radical (unpaired) electrons. The second-order valence-electron chi connectivity index (χ2n) is 3.07. The van der Waals surface area contributed by atoms with Gasteiger partial charge in [-0.2, -0.15) is 0 Å². The number of hydrogen-bond acceptors (Lipinski definition) is 2. The van der Waals surface area contributed by atoms with E-state index < -0.39 is 6.10 Å². The maximum absolute atomic E-state index is 10.0. The molecule has 2 aromatic rings. The normalized spacial score (nSPS) is 12.7. The van der Waals surface area contributed by atoms with Crippen LogP contribution in [0.4, 0.5) is 0 Å². The molecule has 1 heterocycles. The van der Waals surface area contributed by atoms with E-state index >= 15 is 0 Å². The quantitative estimate of drug-likeness (QED) is 0.872. The van der Waals surface area contributed by atoms with Crippen molar-refractivity contribution >= 4 is 23.2 Å². The lowest BCUT2D eigenvalue weighted by Crippen LogP contribution is -1.99. The van der Waals surface area contributed by atoms with Gasteiger partial charge in [-0.15, -0.1) is 0 Å². The highest BCUT2D eigenvalue weighted by molar-refractivity contribution is 6.31. The Kier molecular flexibility index (Phi) is 3.00. The fourth-order valence-electron chi connectivity index (χ4n) is 1.36. The zero-order valence-corrected chi connectivity index (χ0v) is 9.16. The third kappa shape index (κ3) is 2.02. The molecule has 0 saturated heterocycles. The first kappa shape index (κ1) is 10.6. The average Bonchev–Trinajstić information content (AvgIpc) is 2.64. The van der Waals surface area contributed by atoms with Crippen molar-refractivity contribution in [3.8, 4) is 0 Å². The number of benzene rings is 1. The van der Waals surface area contributed by atoms with Crippen LogP contribution < -0.4 is 0 Å². The maximum atomic E-state index is 10.0. The van der Waals surface area contributed by atoms with Gasteiger partial charge in [0.05, 0.1) is 6.26 Å². The molecule has 1 aromatic carbocycles. The van der Waals surface area contributed by atoms with Gasteiger partial charge in [-0.3, -0.25) is 0 Å². The largest absolute Gasteiger partial charge is 0.453 e. The highest BCUT2D eigenvalue weighted by Gasteiger charge is 2.18. The molecule has 0 aliphatic heterocycles. The van der Waals surface area contributed by atoms with Crippen molar-refractivity contribution in [2.75, 3.05) is 0 Å². The van der Waals surface area contributed by atoms with Gasteiger partial charge in [-0.25, -0.2) is 0 Å². The van der Waals surface area contributed by atoms with Gasteiger partial charge in [0.1, 0.15) is 6.10 Å². The van der Waals surface area contributed by atoms with Crippen LogP contribution in [-0.2, 0) is 0 Å². The summed E-state index contributed by atoms with van der Waals surface area (Å²) in [5.74, 6) is 0. The Labute approximate surface area is 97.0 Å². The van der Waals surface area contributed by atoms with Crippen LogP contribution in [-0.4, -0.2) is 5.11 Å². The zero-order chi connectivity index (χ0) is 10.8. The summed E-state index contributed by atoms with van der Waals surface area (Å²) < 4.78 is 4.91. The number of hydrogen-bond donors (Lipinski definition) is 1. The Balaban J connectivity index is 2.41. The monoisotopic (exact) mass is 242 g/mol. The molecule has 0 spiro atoms. The van der Waals surface area contributed by atoms with E-state index in [2.05, 4.69) is 0 Å². The molecule has 2 nitrogen and oxygen atoms in total. The van der Waals surface area contributed by atoms with Gasteiger partial charge in [0, 0.05) is 16.1 Å². The smallest absolute Gasteiger partial charge is 0.199 e. The second-order valence-corrected chi connectivity index (χ2v) is 3.82. The Morgan fingerprint density at radius 3 is 2.40 bits per heavy atom. The molecule has 4 heteroatoms. The first-order valence-electron chi connectivity index (χ1n) is 4.35. The molecule has 0 bridgehead atoms. The SMILES string of the molecule is OC(c1ccccc1Cl)c1ccoc1Cl. The summed E-state index contributed by atoms with van der Waals surface area (Å²) in [6.07, 6.45) is 0.572. The van der Waals surface area contributed by atoms with Crippen LogP contribution >= 0.6 is 23.2 Å². The summed E-state index contributed by atoms with van der Waals surface area (Å²) >= 11 is 11.7. The van der Waals surface area contributed by atoms with Crippen LogP contribution in [0.2, 0.25) is 10.2 Å². The van der Waals surface area contributed by atoms with Gasteiger partial charge in [0.2, 0.25) is 0 Å². The number of furan rings is 1. The van der Waals surface area contributed by atoms with Crippen molar-refractivity contribution in [2.24, 2.45) is 0 Å². The summed E-state index contributed by atoms with van der Waals surface area (Å²) in [6, 6.07) is 8.69. The molecule has 78 valence electrons. The number of halogens is 2. The minimum Gasteiger partial charge on any atom is -0.453 e. The molecule has 15 heavy (non-hydrogen) atoms. The van der Waals surface area contributed by atoms with Crippen LogP contribution in [0.15, 0.2) is 41.0 Å². The molecule has 1 atom stereocenters. The summed E-state index contributed by atoms with van der Waals surface area (Å²) in [6.45, 7) is 0. The van der Waals surface area contributed by atoms with Crippen molar-refractivity contribution in [1.29, 1.82) is 0 Å². The molecule has 0 saturated carbocycles. The molecule has 0 fully saturated rings. The molecule has 1 aromatic heterocycles. The molecule has 1 N–H and O–H groups in total. The number of rotatable bonds is 2. The number of aliphatic hydroxyl groups is 1. The Bertz CT molecular complexity index is 465. The van der Waals surface area contributed by atoms with E-state index in [9.17, 15) is 5.11 Å². The Hall–Kier alpha value is -0.960. The van der Waals surface area contributed by atoms with Crippen molar-refractivity contribution in [3.05, 3.63) is 58.0 Å². The van der Waals surface area contributed by atoms with Crippen molar-refractivity contribution in [2.45, 2.75) is 6.10 Å². The molecule has 2 rings (SSSR count). The minimum atomic E-state index is -0.857.